The largest absolute Gasteiger partial charge is 0.332 e. The van der Waals surface area contributed by atoms with Gasteiger partial charge in [0.05, 0.1) is 37.6 Å². The predicted octanol–water partition coefficient (Wildman–Crippen LogP) is 0.355. The molecule has 0 unspecified atom stereocenters. The SMILES string of the molecule is CC[NH+]1CCN(C(=O)/C=C/c2cccc([N+](=O)[O-])c2)CC1. The van der Waals surface area contributed by atoms with Crippen LogP contribution in [0.5, 0.6) is 0 Å². The first-order chi connectivity index (χ1) is 10.1. The van der Waals surface area contributed by atoms with E-state index in [0.29, 0.717) is 5.56 Å². The number of non-ortho nitro benzene ring substituents is 1. The molecule has 1 heterocycles. The summed E-state index contributed by atoms with van der Waals surface area (Å²) in [5.74, 6) is -0.0309. The van der Waals surface area contributed by atoms with Gasteiger partial charge < -0.3 is 9.80 Å². The molecule has 1 N–H and O–H groups in total. The molecule has 0 aliphatic carbocycles. The van der Waals surface area contributed by atoms with Gasteiger partial charge in [-0.15, -0.1) is 0 Å². The van der Waals surface area contributed by atoms with E-state index in [2.05, 4.69) is 6.92 Å². The zero-order valence-electron chi connectivity index (χ0n) is 12.1. The van der Waals surface area contributed by atoms with Gasteiger partial charge in [-0.05, 0) is 18.6 Å². The molecule has 1 amide bonds. The number of likely N-dealkylation sites (N-methyl/N-ethyl adjacent to an activating group) is 1. The summed E-state index contributed by atoms with van der Waals surface area (Å²) in [4.78, 5) is 25.7. The summed E-state index contributed by atoms with van der Waals surface area (Å²) in [6.07, 6.45) is 3.13. The Kier molecular flexibility index (Phi) is 5.05. The molecule has 1 aromatic rings. The molecular formula is C15H20N3O3+. The number of carbonyl (C=O) groups is 1. The lowest BCUT2D eigenvalue weighted by Crippen LogP contribution is -3.14. The molecule has 1 aliphatic rings. The van der Waals surface area contributed by atoms with Crippen LogP contribution in [-0.2, 0) is 4.79 Å². The molecule has 1 aliphatic heterocycles. The summed E-state index contributed by atoms with van der Waals surface area (Å²) in [5, 5.41) is 10.7. The van der Waals surface area contributed by atoms with Crippen molar-refractivity contribution in [2.24, 2.45) is 0 Å². The Balaban J connectivity index is 1.96. The van der Waals surface area contributed by atoms with Gasteiger partial charge in [0, 0.05) is 18.2 Å². The van der Waals surface area contributed by atoms with Crippen LogP contribution < -0.4 is 4.90 Å². The van der Waals surface area contributed by atoms with Crippen molar-refractivity contribution in [3.63, 3.8) is 0 Å². The van der Waals surface area contributed by atoms with Crippen molar-refractivity contribution in [3.8, 4) is 0 Å². The van der Waals surface area contributed by atoms with E-state index >= 15 is 0 Å². The summed E-state index contributed by atoms with van der Waals surface area (Å²) in [5.41, 5.74) is 0.695. The van der Waals surface area contributed by atoms with Crippen LogP contribution in [0.3, 0.4) is 0 Å². The number of nitrogens with zero attached hydrogens (tertiary/aromatic N) is 2. The maximum Gasteiger partial charge on any atom is 0.270 e. The first kappa shape index (κ1) is 15.2. The Bertz CT molecular complexity index is 549. The Morgan fingerprint density at radius 2 is 2.14 bits per heavy atom. The van der Waals surface area contributed by atoms with Crippen molar-refractivity contribution < 1.29 is 14.6 Å². The lowest BCUT2D eigenvalue weighted by atomic mass is 10.2. The number of nitro groups is 1. The number of nitro benzene ring substituents is 1. The highest BCUT2D eigenvalue weighted by atomic mass is 16.6. The van der Waals surface area contributed by atoms with E-state index in [1.54, 1.807) is 18.2 Å². The summed E-state index contributed by atoms with van der Waals surface area (Å²) >= 11 is 0. The predicted molar refractivity (Wildman–Crippen MR) is 79.9 cm³/mol. The van der Waals surface area contributed by atoms with Gasteiger partial charge in [0.15, 0.2) is 0 Å². The van der Waals surface area contributed by atoms with Crippen molar-refractivity contribution in [3.05, 3.63) is 46.0 Å². The van der Waals surface area contributed by atoms with Crippen molar-refractivity contribution in [2.75, 3.05) is 32.7 Å². The zero-order valence-corrected chi connectivity index (χ0v) is 12.1. The minimum atomic E-state index is -0.439. The Morgan fingerprint density at radius 1 is 1.43 bits per heavy atom. The zero-order chi connectivity index (χ0) is 15.2. The molecule has 0 radical (unpaired) electrons. The molecule has 0 spiro atoms. The fourth-order valence-electron chi connectivity index (χ4n) is 2.41. The fourth-order valence-corrected chi connectivity index (χ4v) is 2.41. The van der Waals surface area contributed by atoms with Gasteiger partial charge in [-0.3, -0.25) is 14.9 Å². The van der Waals surface area contributed by atoms with Crippen molar-refractivity contribution in [1.29, 1.82) is 0 Å². The molecule has 6 heteroatoms. The van der Waals surface area contributed by atoms with E-state index in [1.165, 1.54) is 23.1 Å². The van der Waals surface area contributed by atoms with E-state index < -0.39 is 4.92 Å². The maximum atomic E-state index is 12.1. The van der Waals surface area contributed by atoms with Crippen LogP contribution in [0.25, 0.3) is 6.08 Å². The number of rotatable bonds is 4. The van der Waals surface area contributed by atoms with Crippen molar-refractivity contribution >= 4 is 17.7 Å². The topological polar surface area (TPSA) is 67.9 Å². The van der Waals surface area contributed by atoms with E-state index in [1.807, 2.05) is 4.90 Å². The van der Waals surface area contributed by atoms with Gasteiger partial charge in [0.25, 0.3) is 5.69 Å². The molecule has 21 heavy (non-hydrogen) atoms. The summed E-state index contributed by atoms with van der Waals surface area (Å²) < 4.78 is 0. The van der Waals surface area contributed by atoms with Gasteiger partial charge in [-0.25, -0.2) is 0 Å². The molecule has 1 saturated heterocycles. The Morgan fingerprint density at radius 3 is 2.76 bits per heavy atom. The second-order valence-electron chi connectivity index (χ2n) is 5.11. The molecule has 112 valence electrons. The summed E-state index contributed by atoms with van der Waals surface area (Å²) in [6, 6.07) is 6.26. The Hall–Kier alpha value is -2.21. The van der Waals surface area contributed by atoms with Crippen LogP contribution >= 0.6 is 0 Å². The number of nitrogens with one attached hydrogen (secondary N) is 1. The fraction of sp³-hybridized carbons (Fsp3) is 0.400. The second-order valence-corrected chi connectivity index (χ2v) is 5.11. The number of benzene rings is 1. The van der Waals surface area contributed by atoms with Crippen molar-refractivity contribution in [2.45, 2.75) is 6.92 Å². The summed E-state index contributed by atoms with van der Waals surface area (Å²) in [7, 11) is 0. The smallest absolute Gasteiger partial charge is 0.270 e. The molecule has 0 bridgehead atoms. The number of piperazine rings is 1. The van der Waals surface area contributed by atoms with Gasteiger partial charge in [-0.2, -0.15) is 0 Å². The quantitative estimate of drug-likeness (QED) is 0.494. The molecular weight excluding hydrogens is 270 g/mol. The lowest BCUT2D eigenvalue weighted by molar-refractivity contribution is -0.902. The highest BCUT2D eigenvalue weighted by Gasteiger charge is 2.20. The highest BCUT2D eigenvalue weighted by molar-refractivity contribution is 5.91. The number of amides is 1. The molecule has 1 aromatic carbocycles. The third-order valence-electron chi connectivity index (χ3n) is 3.78. The first-order valence-electron chi connectivity index (χ1n) is 7.15. The lowest BCUT2D eigenvalue weighted by Gasteiger charge is -2.30. The van der Waals surface area contributed by atoms with Crippen LogP contribution in [0.2, 0.25) is 0 Å². The third-order valence-corrected chi connectivity index (χ3v) is 3.78. The van der Waals surface area contributed by atoms with Gasteiger partial charge in [0.2, 0.25) is 5.91 Å². The Labute approximate surface area is 123 Å². The highest BCUT2D eigenvalue weighted by Crippen LogP contribution is 2.14. The monoisotopic (exact) mass is 290 g/mol. The van der Waals surface area contributed by atoms with E-state index in [4.69, 9.17) is 0 Å². The minimum absolute atomic E-state index is 0.0309. The van der Waals surface area contributed by atoms with Crippen molar-refractivity contribution in [1.82, 2.24) is 4.90 Å². The average Bonchev–Trinajstić information content (AvgIpc) is 2.53. The standard InChI is InChI=1S/C15H19N3O3/c1-2-16-8-10-17(11-9-16)15(19)7-6-13-4-3-5-14(12-13)18(20)21/h3-7,12H,2,8-11H2,1H3/p+1/b7-6+. The number of hydrogen-bond donors (Lipinski definition) is 1. The number of hydrogen-bond acceptors (Lipinski definition) is 3. The normalized spacial score (nSPS) is 16.3. The van der Waals surface area contributed by atoms with Gasteiger partial charge >= 0.3 is 0 Å². The van der Waals surface area contributed by atoms with E-state index in [9.17, 15) is 14.9 Å². The molecule has 1 fully saturated rings. The number of quaternary nitrogens is 1. The molecule has 2 rings (SSSR count). The first-order valence-corrected chi connectivity index (χ1v) is 7.15. The van der Waals surface area contributed by atoms with Gasteiger partial charge in [0.1, 0.15) is 0 Å². The average molecular weight is 290 g/mol. The van der Waals surface area contributed by atoms with Crippen LogP contribution in [0, 0.1) is 10.1 Å². The molecule has 0 saturated carbocycles. The third kappa shape index (κ3) is 4.13. The van der Waals surface area contributed by atoms with Gasteiger partial charge in [-0.1, -0.05) is 12.1 Å². The van der Waals surface area contributed by atoms with E-state index in [-0.39, 0.29) is 11.6 Å². The number of carbonyl (C=O) groups excluding carboxylic acids is 1. The molecule has 0 aromatic heterocycles. The minimum Gasteiger partial charge on any atom is -0.332 e. The van der Waals surface area contributed by atoms with Crippen LogP contribution in [0.15, 0.2) is 30.3 Å². The van der Waals surface area contributed by atoms with Crippen LogP contribution in [-0.4, -0.2) is 48.5 Å². The second kappa shape index (κ2) is 6.99. The molecule has 0 atom stereocenters. The van der Waals surface area contributed by atoms with Crippen LogP contribution in [0.1, 0.15) is 12.5 Å². The van der Waals surface area contributed by atoms with E-state index in [0.717, 1.165) is 32.7 Å². The summed E-state index contributed by atoms with van der Waals surface area (Å²) in [6.45, 7) is 6.73. The maximum absolute atomic E-state index is 12.1. The van der Waals surface area contributed by atoms with Crippen LogP contribution in [0.4, 0.5) is 5.69 Å². The molecule has 6 nitrogen and oxygen atoms in total.